The van der Waals surface area contributed by atoms with Crippen molar-refractivity contribution in [1.82, 2.24) is 0 Å². The van der Waals surface area contributed by atoms with Crippen LogP contribution in [0.4, 0.5) is 0 Å². The molecule has 26 heavy (non-hydrogen) atoms. The number of hydrogen-bond acceptors (Lipinski definition) is 0. The van der Waals surface area contributed by atoms with Gasteiger partial charge in [-0.3, -0.25) is 0 Å². The molecule has 0 amide bonds. The Morgan fingerprint density at radius 2 is 1.12 bits per heavy atom. The molecule has 0 radical (unpaired) electrons. The molecule has 0 unspecified atom stereocenters. The lowest BCUT2D eigenvalue weighted by Gasteiger charge is -2.42. The molecule has 1 aliphatic carbocycles. The molecule has 0 saturated heterocycles. The molecule has 1 aliphatic rings. The lowest BCUT2D eigenvalue weighted by atomic mass is 9.60. The van der Waals surface area contributed by atoms with E-state index in [1.165, 1.54) is 52.6 Å². The number of aryl methyl sites for hydroxylation is 4. The Hall–Kier alpha value is -2.34. The molecular weight excluding hydrogens is 312 g/mol. The smallest absolute Gasteiger partial charge is 0.0456 e. The van der Waals surface area contributed by atoms with Crippen molar-refractivity contribution in [3.63, 3.8) is 0 Å². The van der Waals surface area contributed by atoms with Crippen LogP contribution in [-0.4, -0.2) is 0 Å². The number of rotatable bonds is 2. The second-order valence-electron chi connectivity index (χ2n) is 8.04. The highest BCUT2D eigenvalue weighted by Crippen LogP contribution is 2.49. The molecular formula is C26H28. The van der Waals surface area contributed by atoms with Crippen molar-refractivity contribution in [3.05, 3.63) is 105 Å². The Bertz CT molecular complexity index is 882. The molecule has 0 aromatic heterocycles. The molecule has 132 valence electrons. The van der Waals surface area contributed by atoms with E-state index in [1.807, 2.05) is 0 Å². The summed E-state index contributed by atoms with van der Waals surface area (Å²) in [6, 6.07) is 23.1. The Kier molecular flexibility index (Phi) is 4.23. The lowest BCUT2D eigenvalue weighted by molar-refractivity contribution is 0.493. The number of fused-ring (bicyclic) bond motifs is 1. The van der Waals surface area contributed by atoms with E-state index in [9.17, 15) is 0 Å². The van der Waals surface area contributed by atoms with Gasteiger partial charge in [0, 0.05) is 5.41 Å². The summed E-state index contributed by atoms with van der Waals surface area (Å²) in [7, 11) is 0. The fraction of sp³-hybridized carbons (Fsp3) is 0.308. The molecule has 0 heterocycles. The SMILES string of the molecule is Cc1ccc(C2(c3ccc(C)cc3)CCCc3c(C)ccc(C)c32)cc1. The van der Waals surface area contributed by atoms with Gasteiger partial charge in [-0.1, -0.05) is 71.8 Å². The van der Waals surface area contributed by atoms with E-state index >= 15 is 0 Å². The van der Waals surface area contributed by atoms with Crippen LogP contribution in [0.15, 0.2) is 60.7 Å². The van der Waals surface area contributed by atoms with Crippen molar-refractivity contribution in [2.45, 2.75) is 52.4 Å². The number of benzene rings is 3. The van der Waals surface area contributed by atoms with Crippen molar-refractivity contribution in [1.29, 1.82) is 0 Å². The molecule has 0 fully saturated rings. The lowest BCUT2D eigenvalue weighted by Crippen LogP contribution is -2.35. The van der Waals surface area contributed by atoms with Crippen LogP contribution >= 0.6 is 0 Å². The fourth-order valence-corrected chi connectivity index (χ4v) is 4.86. The van der Waals surface area contributed by atoms with Gasteiger partial charge in [-0.15, -0.1) is 0 Å². The van der Waals surface area contributed by atoms with E-state index in [4.69, 9.17) is 0 Å². The zero-order chi connectivity index (χ0) is 18.3. The summed E-state index contributed by atoms with van der Waals surface area (Å²) in [5.74, 6) is 0. The van der Waals surface area contributed by atoms with E-state index in [0.717, 1.165) is 0 Å². The minimum absolute atomic E-state index is 0.0366. The molecule has 0 heteroatoms. The van der Waals surface area contributed by atoms with Crippen LogP contribution in [0.2, 0.25) is 0 Å². The molecule has 3 aromatic rings. The summed E-state index contributed by atoms with van der Waals surface area (Å²) >= 11 is 0. The topological polar surface area (TPSA) is 0 Å². The van der Waals surface area contributed by atoms with E-state index in [0.29, 0.717) is 0 Å². The van der Waals surface area contributed by atoms with Gasteiger partial charge in [0.15, 0.2) is 0 Å². The van der Waals surface area contributed by atoms with Crippen molar-refractivity contribution < 1.29 is 0 Å². The molecule has 0 N–H and O–H groups in total. The quantitative estimate of drug-likeness (QED) is 0.493. The normalized spacial score (nSPS) is 15.5. The summed E-state index contributed by atoms with van der Waals surface area (Å²) in [4.78, 5) is 0. The predicted molar refractivity (Wildman–Crippen MR) is 111 cm³/mol. The van der Waals surface area contributed by atoms with Gasteiger partial charge in [0.2, 0.25) is 0 Å². The highest BCUT2D eigenvalue weighted by atomic mass is 14.4. The van der Waals surface area contributed by atoms with E-state index < -0.39 is 0 Å². The first-order chi connectivity index (χ1) is 12.5. The van der Waals surface area contributed by atoms with Gasteiger partial charge in [-0.25, -0.2) is 0 Å². The van der Waals surface area contributed by atoms with Crippen LogP contribution in [0.1, 0.15) is 57.3 Å². The first kappa shape index (κ1) is 17.1. The van der Waals surface area contributed by atoms with Crippen molar-refractivity contribution in [2.75, 3.05) is 0 Å². The summed E-state index contributed by atoms with van der Waals surface area (Å²) in [5.41, 5.74) is 11.5. The molecule has 0 saturated carbocycles. The van der Waals surface area contributed by atoms with Crippen LogP contribution in [0, 0.1) is 27.7 Å². The van der Waals surface area contributed by atoms with Gasteiger partial charge in [-0.2, -0.15) is 0 Å². The van der Waals surface area contributed by atoms with Gasteiger partial charge in [0.1, 0.15) is 0 Å². The zero-order valence-corrected chi connectivity index (χ0v) is 16.4. The molecule has 4 rings (SSSR count). The Morgan fingerprint density at radius 3 is 1.65 bits per heavy atom. The van der Waals surface area contributed by atoms with Crippen LogP contribution < -0.4 is 0 Å². The zero-order valence-electron chi connectivity index (χ0n) is 16.4. The third kappa shape index (κ3) is 2.60. The molecule has 3 aromatic carbocycles. The highest BCUT2D eigenvalue weighted by molar-refractivity contribution is 5.59. The molecule has 0 aliphatic heterocycles. The summed E-state index contributed by atoms with van der Waals surface area (Å²) in [6.45, 7) is 8.92. The Labute approximate surface area is 157 Å². The second kappa shape index (κ2) is 6.43. The molecule has 0 bridgehead atoms. The van der Waals surface area contributed by atoms with Crippen LogP contribution in [0.3, 0.4) is 0 Å². The number of hydrogen-bond donors (Lipinski definition) is 0. The molecule has 0 nitrogen and oxygen atoms in total. The first-order valence-electron chi connectivity index (χ1n) is 9.76. The minimum atomic E-state index is -0.0366. The maximum absolute atomic E-state index is 2.35. The van der Waals surface area contributed by atoms with Crippen LogP contribution in [0.25, 0.3) is 0 Å². The summed E-state index contributed by atoms with van der Waals surface area (Å²) < 4.78 is 0. The predicted octanol–water partition coefficient (Wildman–Crippen LogP) is 6.59. The average Bonchev–Trinajstić information content (AvgIpc) is 2.65. The van der Waals surface area contributed by atoms with Gasteiger partial charge < -0.3 is 0 Å². The highest BCUT2D eigenvalue weighted by Gasteiger charge is 2.41. The summed E-state index contributed by atoms with van der Waals surface area (Å²) in [6.07, 6.45) is 3.61. The Balaban J connectivity index is 2.08. The van der Waals surface area contributed by atoms with E-state index in [2.05, 4.69) is 88.4 Å². The maximum Gasteiger partial charge on any atom is 0.0456 e. The largest absolute Gasteiger partial charge is 0.0590 e. The second-order valence-corrected chi connectivity index (χ2v) is 8.04. The molecule has 0 spiro atoms. The third-order valence-electron chi connectivity index (χ3n) is 6.25. The van der Waals surface area contributed by atoms with Gasteiger partial charge in [0.05, 0.1) is 0 Å². The van der Waals surface area contributed by atoms with E-state index in [1.54, 1.807) is 11.1 Å². The van der Waals surface area contributed by atoms with Gasteiger partial charge in [-0.05, 0) is 80.3 Å². The maximum atomic E-state index is 2.35. The van der Waals surface area contributed by atoms with Crippen LogP contribution in [-0.2, 0) is 11.8 Å². The third-order valence-corrected chi connectivity index (χ3v) is 6.25. The van der Waals surface area contributed by atoms with Crippen molar-refractivity contribution >= 4 is 0 Å². The first-order valence-corrected chi connectivity index (χ1v) is 9.76. The van der Waals surface area contributed by atoms with Crippen LogP contribution in [0.5, 0.6) is 0 Å². The standard InChI is InChI=1S/C26H28/c1-18-7-13-22(14-8-18)26(23-15-9-19(2)10-16-23)17-5-6-24-20(3)11-12-21(4)25(24)26/h7-16H,5-6,17H2,1-4H3. The van der Waals surface area contributed by atoms with Crippen molar-refractivity contribution in [3.8, 4) is 0 Å². The molecule has 0 atom stereocenters. The Morgan fingerprint density at radius 1 is 0.615 bits per heavy atom. The monoisotopic (exact) mass is 340 g/mol. The minimum Gasteiger partial charge on any atom is -0.0590 e. The van der Waals surface area contributed by atoms with Gasteiger partial charge >= 0.3 is 0 Å². The average molecular weight is 341 g/mol. The fourth-order valence-electron chi connectivity index (χ4n) is 4.86. The van der Waals surface area contributed by atoms with E-state index in [-0.39, 0.29) is 5.41 Å². The van der Waals surface area contributed by atoms with Gasteiger partial charge in [0.25, 0.3) is 0 Å². The summed E-state index contributed by atoms with van der Waals surface area (Å²) in [5, 5.41) is 0. The van der Waals surface area contributed by atoms with Crippen molar-refractivity contribution in [2.24, 2.45) is 0 Å².